The van der Waals surface area contributed by atoms with Crippen molar-refractivity contribution in [3.63, 3.8) is 0 Å². The van der Waals surface area contributed by atoms with Crippen molar-refractivity contribution in [2.45, 2.75) is 76.2 Å². The standard InChI is InChI=1S/C46H50N6O8/c1-31(47-39(54)21-13-6-14-28-52-41(56)26-27-42(52)57)43(58)48-32(2)44(59)50-38(45(60)49-37-24-22-33(30-53)23-25-37)29-40(55)51-46(34-15-7-3-8-16-34,35-17-9-4-10-18-35)36-19-11-5-12-20-36/h3-5,7-12,15-20,22-27,31-32,38,53H,6,13-14,21,28-30H2,1-2H3,(H,47,54)(H,48,58)(H,49,60)(H,50,59)(H,51,55)/t31-,32-,38-/m0/s1. The second-order valence-corrected chi connectivity index (χ2v) is 14.5. The summed E-state index contributed by atoms with van der Waals surface area (Å²) >= 11 is 0. The number of nitrogens with zero attached hydrogens (tertiary/aromatic N) is 1. The first-order valence-corrected chi connectivity index (χ1v) is 19.8. The first-order valence-electron chi connectivity index (χ1n) is 19.8. The van der Waals surface area contributed by atoms with Crippen LogP contribution >= 0.6 is 0 Å². The summed E-state index contributed by atoms with van der Waals surface area (Å²) in [6, 6.07) is 31.1. The van der Waals surface area contributed by atoms with E-state index in [1.165, 1.54) is 26.0 Å². The Bertz CT molecular complexity index is 2050. The molecule has 0 radical (unpaired) electrons. The van der Waals surface area contributed by atoms with Crippen LogP contribution in [0.2, 0.25) is 0 Å². The molecule has 0 fully saturated rings. The molecule has 0 spiro atoms. The number of unbranched alkanes of at least 4 members (excludes halogenated alkanes) is 2. The van der Waals surface area contributed by atoms with Crippen LogP contribution in [0.3, 0.4) is 0 Å². The van der Waals surface area contributed by atoms with E-state index in [4.69, 9.17) is 0 Å². The molecule has 6 N–H and O–H groups in total. The molecule has 7 amide bonds. The number of imide groups is 1. The summed E-state index contributed by atoms with van der Waals surface area (Å²) in [6.07, 6.45) is 3.63. The van der Waals surface area contributed by atoms with E-state index >= 15 is 0 Å². The van der Waals surface area contributed by atoms with Crippen LogP contribution in [0.25, 0.3) is 0 Å². The number of hydrogen-bond acceptors (Lipinski definition) is 8. The van der Waals surface area contributed by atoms with Crippen molar-refractivity contribution < 1.29 is 38.7 Å². The SMILES string of the molecule is C[C@H](NC(=O)CCCCCN1C(=O)C=CC1=O)C(=O)N[C@@H](C)C(=O)N[C@@H](CC(=O)NC(c1ccccc1)(c1ccccc1)c1ccccc1)C(=O)Nc1ccc(CO)cc1. The third-order valence-electron chi connectivity index (χ3n) is 10.1. The highest BCUT2D eigenvalue weighted by Crippen LogP contribution is 2.37. The molecule has 0 aliphatic carbocycles. The minimum atomic E-state index is -1.41. The van der Waals surface area contributed by atoms with Gasteiger partial charge in [0.15, 0.2) is 0 Å². The summed E-state index contributed by atoms with van der Waals surface area (Å²) in [7, 11) is 0. The van der Waals surface area contributed by atoms with Gasteiger partial charge < -0.3 is 31.7 Å². The summed E-state index contributed by atoms with van der Waals surface area (Å²) in [5.74, 6) is -3.77. The second-order valence-electron chi connectivity index (χ2n) is 14.5. The average molecular weight is 815 g/mol. The van der Waals surface area contributed by atoms with Gasteiger partial charge in [0.05, 0.1) is 13.0 Å². The number of aliphatic hydroxyl groups is 1. The van der Waals surface area contributed by atoms with E-state index in [2.05, 4.69) is 26.6 Å². The molecule has 60 heavy (non-hydrogen) atoms. The van der Waals surface area contributed by atoms with Crippen LogP contribution in [-0.4, -0.2) is 76.0 Å². The molecule has 4 aromatic carbocycles. The lowest BCUT2D eigenvalue weighted by atomic mass is 9.77. The Balaban J connectivity index is 1.26. The fourth-order valence-electron chi connectivity index (χ4n) is 6.82. The molecule has 1 aliphatic heterocycles. The molecular formula is C46H50N6O8. The molecule has 1 aliphatic rings. The van der Waals surface area contributed by atoms with Crippen LogP contribution in [0, 0.1) is 0 Å². The smallest absolute Gasteiger partial charge is 0.253 e. The lowest BCUT2D eigenvalue weighted by Crippen LogP contribution is -2.56. The molecule has 4 aromatic rings. The minimum Gasteiger partial charge on any atom is -0.392 e. The molecule has 0 unspecified atom stereocenters. The summed E-state index contributed by atoms with van der Waals surface area (Å²) in [6.45, 7) is 2.94. The van der Waals surface area contributed by atoms with Gasteiger partial charge in [-0.15, -0.1) is 0 Å². The predicted molar refractivity (Wildman–Crippen MR) is 224 cm³/mol. The number of rotatable bonds is 20. The van der Waals surface area contributed by atoms with E-state index in [0.29, 0.717) is 30.5 Å². The van der Waals surface area contributed by atoms with Crippen LogP contribution in [-0.2, 0) is 45.7 Å². The van der Waals surface area contributed by atoms with Gasteiger partial charge in [0, 0.05) is 30.8 Å². The van der Waals surface area contributed by atoms with Crippen LogP contribution in [0.15, 0.2) is 127 Å². The van der Waals surface area contributed by atoms with Gasteiger partial charge in [0.2, 0.25) is 29.5 Å². The van der Waals surface area contributed by atoms with Gasteiger partial charge in [-0.3, -0.25) is 38.5 Å². The van der Waals surface area contributed by atoms with E-state index in [1.807, 2.05) is 91.0 Å². The maximum Gasteiger partial charge on any atom is 0.253 e. The van der Waals surface area contributed by atoms with E-state index in [1.54, 1.807) is 24.3 Å². The maximum atomic E-state index is 14.3. The van der Waals surface area contributed by atoms with E-state index in [0.717, 1.165) is 21.6 Å². The number of aliphatic hydroxyl groups excluding tert-OH is 1. The Hall–Kier alpha value is -6.93. The Morgan fingerprint density at radius 2 is 1.10 bits per heavy atom. The van der Waals surface area contributed by atoms with Crippen LogP contribution in [0.4, 0.5) is 5.69 Å². The highest BCUT2D eigenvalue weighted by Gasteiger charge is 2.39. The Morgan fingerprint density at radius 3 is 1.62 bits per heavy atom. The number of benzene rings is 4. The monoisotopic (exact) mass is 814 g/mol. The summed E-state index contributed by atoms with van der Waals surface area (Å²) in [4.78, 5) is 92.1. The normalized spacial score (nSPS) is 13.8. The molecule has 0 aromatic heterocycles. The molecular weight excluding hydrogens is 765 g/mol. The molecule has 0 saturated carbocycles. The Kier molecular flexibility index (Phi) is 15.6. The number of amides is 7. The molecule has 14 nitrogen and oxygen atoms in total. The van der Waals surface area contributed by atoms with E-state index < -0.39 is 59.6 Å². The van der Waals surface area contributed by atoms with Crippen molar-refractivity contribution in [2.24, 2.45) is 0 Å². The summed E-state index contributed by atoms with van der Waals surface area (Å²) in [5, 5.41) is 23.2. The van der Waals surface area contributed by atoms with E-state index in [9.17, 15) is 38.7 Å². The Morgan fingerprint density at radius 1 is 0.600 bits per heavy atom. The molecule has 1 heterocycles. The van der Waals surface area contributed by atoms with Crippen LogP contribution in [0.5, 0.6) is 0 Å². The maximum absolute atomic E-state index is 14.3. The van der Waals surface area contributed by atoms with Crippen molar-refractivity contribution in [3.8, 4) is 0 Å². The summed E-state index contributed by atoms with van der Waals surface area (Å²) in [5.41, 5.74) is 2.06. The quantitative estimate of drug-likeness (QED) is 0.0441. The van der Waals surface area contributed by atoms with E-state index in [-0.39, 0.29) is 31.4 Å². The highest BCUT2D eigenvalue weighted by atomic mass is 16.3. The fourth-order valence-corrected chi connectivity index (χ4v) is 6.82. The van der Waals surface area contributed by atoms with Gasteiger partial charge in [0.25, 0.3) is 11.8 Å². The minimum absolute atomic E-state index is 0.107. The molecule has 0 saturated heterocycles. The first-order chi connectivity index (χ1) is 28.9. The summed E-state index contributed by atoms with van der Waals surface area (Å²) < 4.78 is 0. The topological polar surface area (TPSA) is 203 Å². The number of nitrogens with one attached hydrogen (secondary N) is 5. The highest BCUT2D eigenvalue weighted by molar-refractivity contribution is 6.12. The zero-order valence-corrected chi connectivity index (χ0v) is 33.6. The lowest BCUT2D eigenvalue weighted by Gasteiger charge is -2.37. The third-order valence-corrected chi connectivity index (χ3v) is 10.1. The first kappa shape index (κ1) is 44.2. The van der Waals surface area contributed by atoms with Gasteiger partial charge in [-0.25, -0.2) is 0 Å². The molecule has 312 valence electrons. The zero-order chi connectivity index (χ0) is 43.1. The van der Waals surface area contributed by atoms with Gasteiger partial charge in [-0.1, -0.05) is 110 Å². The van der Waals surface area contributed by atoms with Gasteiger partial charge >= 0.3 is 0 Å². The van der Waals surface area contributed by atoms with Crippen molar-refractivity contribution >= 4 is 47.0 Å². The second kappa shape index (κ2) is 21.2. The largest absolute Gasteiger partial charge is 0.392 e. The van der Waals surface area contributed by atoms with Crippen molar-refractivity contribution in [1.82, 2.24) is 26.2 Å². The molecule has 0 bridgehead atoms. The van der Waals surface area contributed by atoms with Gasteiger partial charge in [0.1, 0.15) is 23.7 Å². The van der Waals surface area contributed by atoms with Gasteiger partial charge in [-0.05, 0) is 61.1 Å². The van der Waals surface area contributed by atoms with Crippen molar-refractivity contribution in [3.05, 3.63) is 150 Å². The number of hydrogen-bond donors (Lipinski definition) is 6. The Labute approximate surface area is 348 Å². The van der Waals surface area contributed by atoms with Crippen molar-refractivity contribution in [2.75, 3.05) is 11.9 Å². The molecule has 14 heteroatoms. The molecule has 3 atom stereocenters. The van der Waals surface area contributed by atoms with Crippen LogP contribution < -0.4 is 26.6 Å². The van der Waals surface area contributed by atoms with Crippen molar-refractivity contribution in [1.29, 1.82) is 0 Å². The number of carbonyl (C=O) groups is 7. The molecule has 5 rings (SSSR count). The third kappa shape index (κ3) is 11.6. The number of anilines is 1. The average Bonchev–Trinajstić information content (AvgIpc) is 3.58. The fraction of sp³-hybridized carbons (Fsp3) is 0.283. The number of carbonyl (C=O) groups excluding carboxylic acids is 7. The zero-order valence-electron chi connectivity index (χ0n) is 33.6. The van der Waals surface area contributed by atoms with Gasteiger partial charge in [-0.2, -0.15) is 0 Å². The van der Waals surface area contributed by atoms with Crippen LogP contribution in [0.1, 0.15) is 68.2 Å². The predicted octanol–water partition coefficient (Wildman–Crippen LogP) is 3.60. The lowest BCUT2D eigenvalue weighted by molar-refractivity contribution is -0.137.